The molecule has 0 unspecified atom stereocenters. The van der Waals surface area contributed by atoms with E-state index in [-0.39, 0.29) is 29.8 Å². The molecule has 0 atom stereocenters. The molecule has 0 spiro atoms. The molecule has 0 heterocycles. The van der Waals surface area contributed by atoms with Crippen molar-refractivity contribution in [1.29, 1.82) is 0 Å². The van der Waals surface area contributed by atoms with Gasteiger partial charge in [0.15, 0.2) is 0 Å². The Hall–Kier alpha value is -1.97. The van der Waals surface area contributed by atoms with Crippen molar-refractivity contribution in [2.24, 2.45) is 0 Å². The van der Waals surface area contributed by atoms with E-state index < -0.39 is 10.0 Å². The minimum Gasteiger partial charge on any atom is -0.355 e. The lowest BCUT2D eigenvalue weighted by Gasteiger charge is -2.16. The van der Waals surface area contributed by atoms with Gasteiger partial charge in [0.1, 0.15) is 0 Å². The van der Waals surface area contributed by atoms with E-state index in [0.29, 0.717) is 12.2 Å². The van der Waals surface area contributed by atoms with E-state index in [1.165, 1.54) is 38.4 Å². The number of hydrogen-bond donors (Lipinski definition) is 2. The summed E-state index contributed by atoms with van der Waals surface area (Å²) in [7, 11) is 1.10. The SMILES string of the molecule is CCCNC(=O)CN(C)CC(=O)Nc1ccc(S(=O)(=O)N(C)C)cc1. The third kappa shape index (κ3) is 6.81. The Kier molecular flexibility index (Phi) is 8.01. The monoisotopic (exact) mass is 370 g/mol. The van der Waals surface area contributed by atoms with E-state index in [4.69, 9.17) is 0 Å². The summed E-state index contributed by atoms with van der Waals surface area (Å²) in [5, 5.41) is 5.42. The Balaban J connectivity index is 2.56. The number of likely N-dealkylation sites (N-methyl/N-ethyl adjacent to an activating group) is 1. The average Bonchev–Trinajstić information content (AvgIpc) is 2.52. The van der Waals surface area contributed by atoms with Gasteiger partial charge in [-0.05, 0) is 37.7 Å². The molecular weight excluding hydrogens is 344 g/mol. The third-order valence-electron chi connectivity index (χ3n) is 3.32. The van der Waals surface area contributed by atoms with Crippen LogP contribution in [0.2, 0.25) is 0 Å². The summed E-state index contributed by atoms with van der Waals surface area (Å²) in [6, 6.07) is 5.93. The highest BCUT2D eigenvalue weighted by atomic mass is 32.2. The Labute approximate surface area is 149 Å². The van der Waals surface area contributed by atoms with Gasteiger partial charge in [-0.1, -0.05) is 6.92 Å². The Morgan fingerprint density at radius 3 is 2.08 bits per heavy atom. The molecule has 0 aliphatic carbocycles. The van der Waals surface area contributed by atoms with Crippen LogP contribution in [0.15, 0.2) is 29.2 Å². The summed E-state index contributed by atoms with van der Waals surface area (Å²) in [6.07, 6.45) is 0.857. The molecule has 0 aromatic heterocycles. The first-order chi connectivity index (χ1) is 11.7. The fraction of sp³-hybridized carbons (Fsp3) is 0.500. The Morgan fingerprint density at radius 2 is 1.56 bits per heavy atom. The highest BCUT2D eigenvalue weighted by Crippen LogP contribution is 2.16. The summed E-state index contributed by atoms with van der Waals surface area (Å²) >= 11 is 0. The van der Waals surface area contributed by atoms with Gasteiger partial charge in [0.25, 0.3) is 0 Å². The number of nitrogens with zero attached hydrogens (tertiary/aromatic N) is 2. The standard InChI is InChI=1S/C16H26N4O4S/c1-5-10-17-15(21)11-20(4)12-16(22)18-13-6-8-14(9-7-13)25(23,24)19(2)3/h6-9H,5,10-12H2,1-4H3,(H,17,21)(H,18,22). The molecule has 0 fully saturated rings. The molecule has 0 aliphatic rings. The Morgan fingerprint density at radius 1 is 1.00 bits per heavy atom. The van der Waals surface area contributed by atoms with Crippen LogP contribution >= 0.6 is 0 Å². The van der Waals surface area contributed by atoms with E-state index >= 15 is 0 Å². The number of anilines is 1. The number of sulfonamides is 1. The van der Waals surface area contributed by atoms with Crippen LogP contribution in [0.25, 0.3) is 0 Å². The van der Waals surface area contributed by atoms with Crippen molar-refractivity contribution in [2.45, 2.75) is 18.2 Å². The second-order valence-corrected chi connectivity index (χ2v) is 8.03. The van der Waals surface area contributed by atoms with E-state index in [0.717, 1.165) is 10.7 Å². The van der Waals surface area contributed by atoms with E-state index in [1.807, 2.05) is 6.92 Å². The zero-order valence-electron chi connectivity index (χ0n) is 15.1. The van der Waals surface area contributed by atoms with Gasteiger partial charge < -0.3 is 10.6 Å². The summed E-state index contributed by atoms with van der Waals surface area (Å²) < 4.78 is 25.1. The maximum absolute atomic E-state index is 12.0. The molecule has 140 valence electrons. The van der Waals surface area contributed by atoms with Crippen molar-refractivity contribution in [3.05, 3.63) is 24.3 Å². The molecule has 1 rings (SSSR count). The topological polar surface area (TPSA) is 98.8 Å². The van der Waals surface area contributed by atoms with Gasteiger partial charge in [0, 0.05) is 26.3 Å². The molecular formula is C16H26N4O4S. The number of amides is 2. The van der Waals surface area contributed by atoms with E-state index in [1.54, 1.807) is 11.9 Å². The zero-order chi connectivity index (χ0) is 19.0. The van der Waals surface area contributed by atoms with Crippen LogP contribution in [-0.4, -0.2) is 70.2 Å². The van der Waals surface area contributed by atoms with Crippen LogP contribution in [0.1, 0.15) is 13.3 Å². The minimum absolute atomic E-state index is 0.0529. The highest BCUT2D eigenvalue weighted by Gasteiger charge is 2.17. The molecule has 0 aliphatic heterocycles. The number of rotatable bonds is 9. The van der Waals surface area contributed by atoms with Crippen LogP contribution < -0.4 is 10.6 Å². The fourth-order valence-corrected chi connectivity index (χ4v) is 2.89. The lowest BCUT2D eigenvalue weighted by Crippen LogP contribution is -2.39. The van der Waals surface area contributed by atoms with Gasteiger partial charge in [-0.2, -0.15) is 0 Å². The van der Waals surface area contributed by atoms with Crippen molar-refractivity contribution < 1.29 is 18.0 Å². The predicted octanol–water partition coefficient (Wildman–Crippen LogP) is 0.333. The van der Waals surface area contributed by atoms with E-state index in [9.17, 15) is 18.0 Å². The lowest BCUT2D eigenvalue weighted by atomic mass is 10.3. The van der Waals surface area contributed by atoms with Crippen LogP contribution in [0.5, 0.6) is 0 Å². The zero-order valence-corrected chi connectivity index (χ0v) is 15.9. The van der Waals surface area contributed by atoms with Gasteiger partial charge in [-0.3, -0.25) is 14.5 Å². The van der Waals surface area contributed by atoms with Crippen LogP contribution in [0.4, 0.5) is 5.69 Å². The smallest absolute Gasteiger partial charge is 0.242 e. The fourth-order valence-electron chi connectivity index (χ4n) is 1.99. The van der Waals surface area contributed by atoms with Crippen LogP contribution in [0, 0.1) is 0 Å². The molecule has 0 saturated heterocycles. The predicted molar refractivity (Wildman–Crippen MR) is 96.7 cm³/mol. The van der Waals surface area contributed by atoms with Gasteiger partial charge in [0.2, 0.25) is 21.8 Å². The van der Waals surface area contributed by atoms with Gasteiger partial charge >= 0.3 is 0 Å². The quantitative estimate of drug-likeness (QED) is 0.653. The van der Waals surface area contributed by atoms with Crippen molar-refractivity contribution in [1.82, 2.24) is 14.5 Å². The largest absolute Gasteiger partial charge is 0.355 e. The van der Waals surface area contributed by atoms with E-state index in [2.05, 4.69) is 10.6 Å². The molecule has 0 radical (unpaired) electrons. The van der Waals surface area contributed by atoms with Crippen molar-refractivity contribution in [3.63, 3.8) is 0 Å². The van der Waals surface area contributed by atoms with Crippen molar-refractivity contribution in [3.8, 4) is 0 Å². The van der Waals surface area contributed by atoms with Gasteiger partial charge in [-0.15, -0.1) is 0 Å². The molecule has 8 nitrogen and oxygen atoms in total. The maximum atomic E-state index is 12.0. The molecule has 1 aromatic rings. The number of hydrogen-bond acceptors (Lipinski definition) is 5. The molecule has 2 amide bonds. The first-order valence-electron chi connectivity index (χ1n) is 7.94. The molecule has 0 saturated carbocycles. The number of carbonyl (C=O) groups is 2. The van der Waals surface area contributed by atoms with Crippen LogP contribution in [0.3, 0.4) is 0 Å². The highest BCUT2D eigenvalue weighted by molar-refractivity contribution is 7.89. The number of nitrogens with one attached hydrogen (secondary N) is 2. The summed E-state index contributed by atoms with van der Waals surface area (Å²) in [5.74, 6) is -0.413. The first-order valence-corrected chi connectivity index (χ1v) is 9.38. The molecule has 9 heteroatoms. The molecule has 1 aromatic carbocycles. The number of carbonyl (C=O) groups excluding carboxylic acids is 2. The second-order valence-electron chi connectivity index (χ2n) is 5.88. The van der Waals surface area contributed by atoms with Crippen molar-refractivity contribution in [2.75, 3.05) is 46.1 Å². The van der Waals surface area contributed by atoms with Crippen LogP contribution in [-0.2, 0) is 19.6 Å². The van der Waals surface area contributed by atoms with Gasteiger partial charge in [0.05, 0.1) is 18.0 Å². The van der Waals surface area contributed by atoms with Crippen molar-refractivity contribution >= 4 is 27.5 Å². The average molecular weight is 370 g/mol. The molecule has 25 heavy (non-hydrogen) atoms. The van der Waals surface area contributed by atoms with Gasteiger partial charge in [-0.25, -0.2) is 12.7 Å². The molecule has 2 N–H and O–H groups in total. The molecule has 0 bridgehead atoms. The first kappa shape index (κ1) is 21.1. The number of benzene rings is 1. The maximum Gasteiger partial charge on any atom is 0.242 e. The third-order valence-corrected chi connectivity index (χ3v) is 5.15. The lowest BCUT2D eigenvalue weighted by molar-refractivity contribution is -0.122. The summed E-state index contributed by atoms with van der Waals surface area (Å²) in [6.45, 7) is 2.76. The second kappa shape index (κ2) is 9.50. The normalized spacial score (nSPS) is 11.6. The summed E-state index contributed by atoms with van der Waals surface area (Å²) in [5.41, 5.74) is 0.492. The summed E-state index contributed by atoms with van der Waals surface area (Å²) in [4.78, 5) is 25.3. The Bertz CT molecular complexity index is 687. The minimum atomic E-state index is -3.49.